The van der Waals surface area contributed by atoms with Gasteiger partial charge < -0.3 is 4.74 Å². The molecule has 0 bridgehead atoms. The van der Waals surface area contributed by atoms with E-state index in [4.69, 9.17) is 0 Å². The number of halogens is 5. The Bertz CT molecular complexity index is 1080. The minimum absolute atomic E-state index is 0.0689. The van der Waals surface area contributed by atoms with Crippen LogP contribution < -0.4 is 4.74 Å². The molecule has 0 spiro atoms. The zero-order valence-corrected chi connectivity index (χ0v) is 23.7. The minimum atomic E-state index is -1.27. The largest absolute Gasteiger partial charge is 0.457 e. The van der Waals surface area contributed by atoms with Gasteiger partial charge >= 0.3 is 0 Å². The molecule has 3 aliphatic carbocycles. The molecule has 0 unspecified atom stereocenters. The van der Waals surface area contributed by atoms with Gasteiger partial charge in [-0.2, -0.15) is 0 Å². The van der Waals surface area contributed by atoms with Gasteiger partial charge in [-0.3, -0.25) is 0 Å². The molecule has 0 saturated heterocycles. The Labute approximate surface area is 235 Å². The number of hydrogen-bond donors (Lipinski definition) is 0. The lowest BCUT2D eigenvalue weighted by Crippen LogP contribution is -2.25. The van der Waals surface area contributed by atoms with E-state index in [1.165, 1.54) is 25.0 Å². The summed E-state index contributed by atoms with van der Waals surface area (Å²) in [7, 11) is 0. The average Bonchev–Trinajstić information content (AvgIpc) is 2.95. The Kier molecular flexibility index (Phi) is 9.73. The molecule has 2 aromatic carbocycles. The summed E-state index contributed by atoms with van der Waals surface area (Å²) >= 11 is 0. The second-order valence-electron chi connectivity index (χ2n) is 12.7. The van der Waals surface area contributed by atoms with Gasteiger partial charge in [0.2, 0.25) is 6.86 Å². The van der Waals surface area contributed by atoms with Crippen molar-refractivity contribution < 1.29 is 26.7 Å². The first-order chi connectivity index (χ1) is 19.4. The van der Waals surface area contributed by atoms with Crippen LogP contribution in [0.1, 0.15) is 131 Å². The summed E-state index contributed by atoms with van der Waals surface area (Å²) in [4.78, 5) is 0. The fraction of sp³-hybridized carbons (Fsp3) is 0.647. The Balaban J connectivity index is 1.14. The van der Waals surface area contributed by atoms with E-state index in [1.807, 2.05) is 0 Å². The van der Waals surface area contributed by atoms with Crippen LogP contribution in [0, 0.1) is 41.0 Å². The van der Waals surface area contributed by atoms with E-state index in [0.29, 0.717) is 17.4 Å². The van der Waals surface area contributed by atoms with Gasteiger partial charge in [-0.25, -0.2) is 22.0 Å². The first kappa shape index (κ1) is 29.4. The first-order valence-corrected chi connectivity index (χ1v) is 15.5. The molecule has 0 heterocycles. The predicted octanol–water partition coefficient (Wildman–Crippen LogP) is 10.9. The average molecular weight is 563 g/mol. The number of benzene rings is 2. The third-order valence-electron chi connectivity index (χ3n) is 10.4. The summed E-state index contributed by atoms with van der Waals surface area (Å²) < 4.78 is 75.9. The van der Waals surface area contributed by atoms with E-state index in [9.17, 15) is 13.2 Å². The second-order valence-corrected chi connectivity index (χ2v) is 12.7. The van der Waals surface area contributed by atoms with Crippen LogP contribution in [0.4, 0.5) is 22.0 Å². The predicted molar refractivity (Wildman–Crippen MR) is 148 cm³/mol. The van der Waals surface area contributed by atoms with Crippen LogP contribution in [0.2, 0.25) is 0 Å². The van der Waals surface area contributed by atoms with Crippen molar-refractivity contribution in [1.82, 2.24) is 0 Å². The third kappa shape index (κ3) is 6.51. The van der Waals surface area contributed by atoms with Crippen molar-refractivity contribution in [3.63, 3.8) is 0 Å². The third-order valence-corrected chi connectivity index (χ3v) is 10.4. The zero-order valence-electron chi connectivity index (χ0n) is 23.7. The SMILES string of the molecule is CCCC1CCC(c2cc(F)c(C3CCC(C4CCC(c5cc(F)c(OCF)c(F)c5)CC4)CC3)c(F)c2)CC1. The van der Waals surface area contributed by atoms with Gasteiger partial charge in [0.15, 0.2) is 17.4 Å². The van der Waals surface area contributed by atoms with E-state index in [1.54, 1.807) is 12.1 Å². The molecule has 3 aliphatic rings. The second kappa shape index (κ2) is 13.2. The molecule has 40 heavy (non-hydrogen) atoms. The topological polar surface area (TPSA) is 9.23 Å². The Morgan fingerprint density at radius 3 is 1.48 bits per heavy atom. The molecular formula is C34H43F5O. The van der Waals surface area contributed by atoms with Crippen molar-refractivity contribution in [2.75, 3.05) is 6.86 Å². The number of rotatable bonds is 8. The van der Waals surface area contributed by atoms with Gasteiger partial charge in [-0.05, 0) is 148 Å². The molecule has 0 amide bonds. The summed E-state index contributed by atoms with van der Waals surface area (Å²) in [5.74, 6) is -1.02. The first-order valence-electron chi connectivity index (χ1n) is 15.5. The van der Waals surface area contributed by atoms with Crippen molar-refractivity contribution in [3.05, 3.63) is 64.2 Å². The van der Waals surface area contributed by atoms with E-state index < -0.39 is 24.2 Å². The lowest BCUT2D eigenvalue weighted by Gasteiger charge is -2.38. The van der Waals surface area contributed by atoms with Gasteiger partial charge in [0, 0.05) is 5.56 Å². The zero-order chi connectivity index (χ0) is 28.2. The van der Waals surface area contributed by atoms with Gasteiger partial charge in [0.25, 0.3) is 0 Å². The molecule has 3 fully saturated rings. The van der Waals surface area contributed by atoms with Crippen LogP contribution >= 0.6 is 0 Å². The van der Waals surface area contributed by atoms with Gasteiger partial charge in [-0.1, -0.05) is 19.8 Å². The molecule has 0 aliphatic heterocycles. The molecular weight excluding hydrogens is 519 g/mol. The van der Waals surface area contributed by atoms with Crippen LogP contribution in [-0.4, -0.2) is 6.86 Å². The molecule has 3 saturated carbocycles. The van der Waals surface area contributed by atoms with Crippen LogP contribution in [0.15, 0.2) is 24.3 Å². The fourth-order valence-corrected chi connectivity index (χ4v) is 8.23. The molecule has 1 nitrogen and oxygen atoms in total. The highest BCUT2D eigenvalue weighted by molar-refractivity contribution is 5.34. The molecule has 5 rings (SSSR count). The van der Waals surface area contributed by atoms with Crippen molar-refractivity contribution in [1.29, 1.82) is 0 Å². The maximum atomic E-state index is 15.3. The van der Waals surface area contributed by atoms with Crippen molar-refractivity contribution in [3.8, 4) is 5.75 Å². The summed E-state index contributed by atoms with van der Waals surface area (Å²) in [5.41, 5.74) is 1.73. The lowest BCUT2D eigenvalue weighted by molar-refractivity contribution is 0.172. The molecule has 2 aromatic rings. The fourth-order valence-electron chi connectivity index (χ4n) is 8.23. The number of alkyl halides is 1. The van der Waals surface area contributed by atoms with Gasteiger partial charge in [0.05, 0.1) is 0 Å². The highest BCUT2D eigenvalue weighted by Gasteiger charge is 2.34. The van der Waals surface area contributed by atoms with Gasteiger partial charge in [0.1, 0.15) is 11.6 Å². The molecule has 0 N–H and O–H groups in total. The van der Waals surface area contributed by atoms with Crippen molar-refractivity contribution in [2.24, 2.45) is 17.8 Å². The summed E-state index contributed by atoms with van der Waals surface area (Å²) in [6.45, 7) is 0.945. The van der Waals surface area contributed by atoms with E-state index in [2.05, 4.69) is 11.7 Å². The quantitative estimate of drug-likeness (QED) is 0.291. The van der Waals surface area contributed by atoms with Crippen molar-refractivity contribution in [2.45, 2.75) is 115 Å². The summed E-state index contributed by atoms with van der Waals surface area (Å²) in [6.07, 6.45) is 14.0. The molecule has 0 radical (unpaired) electrons. The minimum Gasteiger partial charge on any atom is -0.457 e. The highest BCUT2D eigenvalue weighted by atomic mass is 19.2. The normalized spacial score (nSPS) is 29.4. The summed E-state index contributed by atoms with van der Waals surface area (Å²) in [6, 6.07) is 5.79. The monoisotopic (exact) mass is 562 g/mol. The standard InChI is InChI=1S/C34H43F5O/c1-2-3-21-4-6-24(7-5-21)27-16-29(36)33(30(37)17-27)26-14-12-23(13-15-26)22-8-10-25(11-9-22)28-18-31(38)34(40-20-35)32(39)19-28/h16-19,21-26H,2-15,20H2,1H3. The number of ether oxygens (including phenoxy) is 1. The Hall–Kier alpha value is -2.11. The molecule has 0 aromatic heterocycles. The maximum absolute atomic E-state index is 15.3. The van der Waals surface area contributed by atoms with Crippen molar-refractivity contribution >= 4 is 0 Å². The number of hydrogen-bond acceptors (Lipinski definition) is 1. The molecule has 220 valence electrons. The van der Waals surface area contributed by atoms with Crippen LogP contribution in [0.5, 0.6) is 5.75 Å². The highest BCUT2D eigenvalue weighted by Crippen LogP contribution is 2.47. The van der Waals surface area contributed by atoms with Gasteiger partial charge in [-0.15, -0.1) is 0 Å². The lowest BCUT2D eigenvalue weighted by atomic mass is 9.67. The van der Waals surface area contributed by atoms with E-state index in [-0.39, 0.29) is 35.0 Å². The van der Waals surface area contributed by atoms with E-state index >= 15 is 8.78 Å². The smallest absolute Gasteiger partial charge is 0.228 e. The molecule has 6 heteroatoms. The molecule has 0 atom stereocenters. The van der Waals surface area contributed by atoms with Crippen LogP contribution in [0.25, 0.3) is 0 Å². The Morgan fingerprint density at radius 1 is 0.600 bits per heavy atom. The van der Waals surface area contributed by atoms with E-state index in [0.717, 1.165) is 88.5 Å². The van der Waals surface area contributed by atoms with Crippen LogP contribution in [0.3, 0.4) is 0 Å². The Morgan fingerprint density at radius 2 is 1.02 bits per heavy atom. The maximum Gasteiger partial charge on any atom is 0.228 e. The van der Waals surface area contributed by atoms with Crippen LogP contribution in [-0.2, 0) is 0 Å². The summed E-state index contributed by atoms with van der Waals surface area (Å²) in [5, 5.41) is 0.